The number of thiophene rings is 1. The molecule has 0 aliphatic carbocycles. The number of hydrogen-bond acceptors (Lipinski definition) is 5. The third-order valence-corrected chi connectivity index (χ3v) is 8.76. The van der Waals surface area contributed by atoms with Crippen LogP contribution in [0.25, 0.3) is 11.3 Å². The SMILES string of the molecule is CN(C)c1cc(CNC(=O)C2CC(F)(F)CN2S(=O)c2ccc(Cl)s2)cc(-c2ccc(C(F)(F)F)cc2)n1. The molecule has 1 saturated heterocycles. The fraction of sp³-hybridized carbons (Fsp3) is 0.333. The third kappa shape index (κ3) is 6.50. The number of carbonyl (C=O) groups excluding carboxylic acids is 1. The molecule has 2 unspecified atom stereocenters. The van der Waals surface area contributed by atoms with Crippen molar-refractivity contribution in [3.05, 3.63) is 64.0 Å². The maximum Gasteiger partial charge on any atom is 0.416 e. The average molecular weight is 593 g/mol. The number of carbonyl (C=O) groups is 1. The lowest BCUT2D eigenvalue weighted by Gasteiger charge is -2.21. The van der Waals surface area contributed by atoms with Crippen LogP contribution in [0.15, 0.2) is 52.7 Å². The van der Waals surface area contributed by atoms with Crippen molar-refractivity contribution in [3.63, 3.8) is 0 Å². The predicted octanol–water partition coefficient (Wildman–Crippen LogP) is 5.60. The van der Waals surface area contributed by atoms with Gasteiger partial charge < -0.3 is 10.2 Å². The first-order valence-electron chi connectivity index (χ1n) is 11.2. The number of hydrogen-bond donors (Lipinski definition) is 1. The van der Waals surface area contributed by atoms with E-state index < -0.39 is 53.6 Å². The number of rotatable bonds is 7. The van der Waals surface area contributed by atoms with Gasteiger partial charge in [-0.15, -0.1) is 11.3 Å². The van der Waals surface area contributed by atoms with Crippen molar-refractivity contribution < 1.29 is 31.0 Å². The number of anilines is 1. The van der Waals surface area contributed by atoms with Crippen LogP contribution in [0, 0.1) is 0 Å². The lowest BCUT2D eigenvalue weighted by molar-refractivity contribution is -0.137. The standard InChI is InChI=1S/C24H22ClF5N4O2S2/c1-33(2)20-10-14(9-17(32-20)15-3-5-16(6-4-15)24(28,29)30)12-31-22(35)18-11-23(26,27)13-34(18)38(36)21-8-7-19(25)37-21/h3-10,18H,11-13H2,1-2H3,(H,31,35). The highest BCUT2D eigenvalue weighted by Gasteiger charge is 2.50. The van der Waals surface area contributed by atoms with Crippen molar-refractivity contribution in [3.8, 4) is 11.3 Å². The Labute approximate surface area is 227 Å². The van der Waals surface area contributed by atoms with Crippen LogP contribution < -0.4 is 10.2 Å². The van der Waals surface area contributed by atoms with Crippen LogP contribution in [0.2, 0.25) is 4.34 Å². The van der Waals surface area contributed by atoms with Crippen molar-refractivity contribution in [2.75, 3.05) is 25.5 Å². The van der Waals surface area contributed by atoms with Gasteiger partial charge in [0.05, 0.1) is 22.1 Å². The molecule has 0 radical (unpaired) electrons. The third-order valence-electron chi connectivity index (χ3n) is 5.77. The minimum absolute atomic E-state index is 0.0663. The maximum absolute atomic E-state index is 14.3. The molecule has 0 bridgehead atoms. The fourth-order valence-electron chi connectivity index (χ4n) is 3.88. The molecule has 38 heavy (non-hydrogen) atoms. The van der Waals surface area contributed by atoms with Crippen LogP contribution in [0.4, 0.5) is 27.8 Å². The van der Waals surface area contributed by atoms with Gasteiger partial charge in [-0.25, -0.2) is 22.3 Å². The highest BCUT2D eigenvalue weighted by atomic mass is 35.5. The van der Waals surface area contributed by atoms with Crippen LogP contribution in [-0.4, -0.2) is 52.0 Å². The summed E-state index contributed by atoms with van der Waals surface area (Å²) < 4.78 is 81.9. The predicted molar refractivity (Wildman–Crippen MR) is 137 cm³/mol. The van der Waals surface area contributed by atoms with E-state index in [1.165, 1.54) is 24.3 Å². The maximum atomic E-state index is 14.3. The van der Waals surface area contributed by atoms with Crippen molar-refractivity contribution >= 4 is 45.6 Å². The molecule has 1 N–H and O–H groups in total. The zero-order chi connectivity index (χ0) is 27.8. The Kier molecular flexibility index (Phi) is 8.12. The normalized spacial score (nSPS) is 18.4. The summed E-state index contributed by atoms with van der Waals surface area (Å²) >= 11 is 6.87. The molecule has 14 heteroatoms. The van der Waals surface area contributed by atoms with Crippen LogP contribution in [0.5, 0.6) is 0 Å². The number of alkyl halides is 5. The second kappa shape index (κ2) is 10.9. The number of halogens is 6. The number of pyridine rings is 1. The van der Waals surface area contributed by atoms with Crippen molar-refractivity contribution in [1.29, 1.82) is 0 Å². The van der Waals surface area contributed by atoms with E-state index in [-0.39, 0.29) is 10.8 Å². The zero-order valence-electron chi connectivity index (χ0n) is 20.1. The molecule has 2 atom stereocenters. The summed E-state index contributed by atoms with van der Waals surface area (Å²) in [7, 11) is 1.46. The Hall–Kier alpha value is -2.61. The van der Waals surface area contributed by atoms with Gasteiger partial charge in [0.1, 0.15) is 27.1 Å². The minimum Gasteiger partial charge on any atom is -0.363 e. The van der Waals surface area contributed by atoms with E-state index >= 15 is 0 Å². The van der Waals surface area contributed by atoms with E-state index in [0.717, 1.165) is 27.8 Å². The first-order chi connectivity index (χ1) is 17.7. The van der Waals surface area contributed by atoms with Crippen LogP contribution in [0.3, 0.4) is 0 Å². The molecule has 1 amide bonds. The molecule has 1 aliphatic rings. The summed E-state index contributed by atoms with van der Waals surface area (Å²) in [6, 6.07) is 9.42. The highest BCUT2D eigenvalue weighted by Crippen LogP contribution is 2.37. The van der Waals surface area contributed by atoms with E-state index in [9.17, 15) is 31.0 Å². The van der Waals surface area contributed by atoms with Gasteiger partial charge in [-0.2, -0.15) is 13.2 Å². The Morgan fingerprint density at radius 3 is 2.47 bits per heavy atom. The number of aromatic nitrogens is 1. The van der Waals surface area contributed by atoms with E-state index in [1.807, 2.05) is 0 Å². The van der Waals surface area contributed by atoms with Crippen molar-refractivity contribution in [1.82, 2.24) is 14.6 Å². The molecule has 3 aromatic rings. The molecule has 1 aromatic carbocycles. The number of nitrogens with zero attached hydrogens (tertiary/aromatic N) is 3. The molecule has 1 aliphatic heterocycles. The van der Waals surface area contributed by atoms with Crippen LogP contribution in [-0.2, 0) is 28.5 Å². The first-order valence-corrected chi connectivity index (χ1v) is 13.5. The molecular weight excluding hydrogens is 571 g/mol. The Morgan fingerprint density at radius 1 is 1.21 bits per heavy atom. The summed E-state index contributed by atoms with van der Waals surface area (Å²) in [6.45, 7) is -0.908. The summed E-state index contributed by atoms with van der Waals surface area (Å²) in [5.41, 5.74) is 0.562. The zero-order valence-corrected chi connectivity index (χ0v) is 22.4. The highest BCUT2D eigenvalue weighted by molar-refractivity contribution is 7.85. The van der Waals surface area contributed by atoms with Gasteiger partial charge in [0.25, 0.3) is 5.92 Å². The van der Waals surface area contributed by atoms with Gasteiger partial charge >= 0.3 is 6.18 Å². The van der Waals surface area contributed by atoms with Gasteiger partial charge in [0.2, 0.25) is 5.91 Å². The summed E-state index contributed by atoms with van der Waals surface area (Å²) in [6.07, 6.45) is -5.27. The van der Waals surface area contributed by atoms with Crippen molar-refractivity contribution in [2.24, 2.45) is 0 Å². The largest absolute Gasteiger partial charge is 0.416 e. The number of amides is 1. The molecule has 4 rings (SSSR count). The lowest BCUT2D eigenvalue weighted by Crippen LogP contribution is -2.43. The Morgan fingerprint density at radius 2 is 1.89 bits per heavy atom. The second-order valence-corrected chi connectivity index (χ2v) is 12.2. The molecule has 1 fully saturated rings. The summed E-state index contributed by atoms with van der Waals surface area (Å²) in [4.78, 5) is 19.1. The molecular formula is C24H22ClF5N4O2S2. The van der Waals surface area contributed by atoms with E-state index in [4.69, 9.17) is 11.6 Å². The van der Waals surface area contributed by atoms with Gasteiger partial charge in [-0.1, -0.05) is 23.7 Å². The Bertz CT molecular complexity index is 1350. The topological polar surface area (TPSA) is 65.5 Å². The molecule has 2 aromatic heterocycles. The van der Waals surface area contributed by atoms with E-state index in [2.05, 4.69) is 10.3 Å². The van der Waals surface area contributed by atoms with Crippen LogP contribution in [0.1, 0.15) is 17.5 Å². The summed E-state index contributed by atoms with van der Waals surface area (Å²) in [5, 5.41) is 2.63. The van der Waals surface area contributed by atoms with Gasteiger partial charge in [0, 0.05) is 32.6 Å². The van der Waals surface area contributed by atoms with Gasteiger partial charge in [0.15, 0.2) is 0 Å². The van der Waals surface area contributed by atoms with E-state index in [0.29, 0.717) is 27.0 Å². The minimum atomic E-state index is -4.47. The lowest BCUT2D eigenvalue weighted by atomic mass is 10.1. The molecule has 6 nitrogen and oxygen atoms in total. The second-order valence-electron chi connectivity index (χ2n) is 8.86. The fourth-order valence-corrected chi connectivity index (χ4v) is 6.76. The monoisotopic (exact) mass is 592 g/mol. The smallest absolute Gasteiger partial charge is 0.363 e. The average Bonchev–Trinajstić information content (AvgIpc) is 3.43. The van der Waals surface area contributed by atoms with Gasteiger partial charge in [-0.3, -0.25) is 4.79 Å². The summed E-state index contributed by atoms with van der Waals surface area (Å²) in [5.74, 6) is -3.45. The quantitative estimate of drug-likeness (QED) is 0.363. The van der Waals surface area contributed by atoms with Crippen molar-refractivity contribution in [2.45, 2.75) is 35.3 Å². The molecule has 204 valence electrons. The van der Waals surface area contributed by atoms with Crippen LogP contribution >= 0.6 is 22.9 Å². The molecule has 0 spiro atoms. The number of nitrogens with one attached hydrogen (secondary N) is 1. The molecule has 3 heterocycles. The first kappa shape index (κ1) is 28.4. The Balaban J connectivity index is 1.54. The van der Waals surface area contributed by atoms with Gasteiger partial charge in [-0.05, 0) is 42.0 Å². The number of benzene rings is 1. The molecule has 0 saturated carbocycles. The van der Waals surface area contributed by atoms with E-state index in [1.54, 1.807) is 31.1 Å².